The van der Waals surface area contributed by atoms with E-state index < -0.39 is 29.8 Å². The van der Waals surface area contributed by atoms with Crippen molar-refractivity contribution in [3.8, 4) is 6.07 Å². The summed E-state index contributed by atoms with van der Waals surface area (Å²) in [5.74, 6) is -0.133. The molecule has 5 unspecified atom stereocenters. The molecule has 11 heteroatoms. The number of amides is 4. The van der Waals surface area contributed by atoms with Gasteiger partial charge in [0, 0.05) is 38.3 Å². The van der Waals surface area contributed by atoms with Crippen LogP contribution >= 0.6 is 0 Å². The van der Waals surface area contributed by atoms with E-state index in [4.69, 9.17) is 4.74 Å². The molecule has 4 amide bonds. The summed E-state index contributed by atoms with van der Waals surface area (Å²) in [6, 6.07) is 7.31. The van der Waals surface area contributed by atoms with Crippen molar-refractivity contribution >= 4 is 23.8 Å². The maximum Gasteiger partial charge on any atom is 0.408 e. The third-order valence-electron chi connectivity index (χ3n) is 8.54. The van der Waals surface area contributed by atoms with Crippen molar-refractivity contribution in [3.05, 3.63) is 35.4 Å². The lowest BCUT2D eigenvalue weighted by Crippen LogP contribution is -2.57. The minimum atomic E-state index is -0.976. The molecule has 228 valence electrons. The normalized spacial score (nSPS) is 26.4. The number of likely N-dealkylation sites (tertiary alicyclic amines) is 2. The summed E-state index contributed by atoms with van der Waals surface area (Å²) in [5, 5.41) is 12.4. The van der Waals surface area contributed by atoms with Gasteiger partial charge in [0.1, 0.15) is 17.7 Å². The van der Waals surface area contributed by atoms with Gasteiger partial charge in [-0.3, -0.25) is 19.3 Å². The Balaban J connectivity index is 1.49. The van der Waals surface area contributed by atoms with Gasteiger partial charge in [0.05, 0.1) is 18.2 Å². The molecule has 3 aliphatic rings. The van der Waals surface area contributed by atoms with Gasteiger partial charge in [-0.05, 0) is 84.5 Å². The molecule has 7 atom stereocenters. The van der Waals surface area contributed by atoms with E-state index in [1.54, 1.807) is 58.9 Å². The quantitative estimate of drug-likeness (QED) is 0.501. The maximum absolute atomic E-state index is 13.8. The summed E-state index contributed by atoms with van der Waals surface area (Å²) in [6.45, 7) is 9.31. The predicted octanol–water partition coefficient (Wildman–Crippen LogP) is 2.78. The van der Waals surface area contributed by atoms with E-state index in [9.17, 15) is 24.4 Å². The van der Waals surface area contributed by atoms with Crippen molar-refractivity contribution in [1.82, 2.24) is 24.9 Å². The van der Waals surface area contributed by atoms with Crippen molar-refractivity contribution in [2.75, 3.05) is 27.7 Å². The van der Waals surface area contributed by atoms with E-state index in [1.807, 2.05) is 35.8 Å². The van der Waals surface area contributed by atoms with Gasteiger partial charge < -0.3 is 24.8 Å². The largest absolute Gasteiger partial charge is 0.444 e. The second kappa shape index (κ2) is 11.9. The molecule has 2 heterocycles. The first kappa shape index (κ1) is 31.3. The third-order valence-corrected chi connectivity index (χ3v) is 8.54. The molecule has 0 spiro atoms. The summed E-state index contributed by atoms with van der Waals surface area (Å²) in [6.07, 6.45) is 1.36. The molecular formula is C31H44N6O5. The average Bonchev–Trinajstić information content (AvgIpc) is 3.47. The fourth-order valence-electron chi connectivity index (χ4n) is 6.31. The monoisotopic (exact) mass is 580 g/mol. The van der Waals surface area contributed by atoms with E-state index in [0.29, 0.717) is 24.3 Å². The molecule has 4 rings (SSSR count). The molecule has 2 saturated heterocycles. The molecule has 3 fully saturated rings. The van der Waals surface area contributed by atoms with Crippen LogP contribution in [-0.4, -0.2) is 107 Å². The predicted molar refractivity (Wildman–Crippen MR) is 156 cm³/mol. The Kier molecular flexibility index (Phi) is 8.88. The SMILES string of the molecule is CC(c1ccc(C(=O)N(C)C)cc1)N1C(=O)C(N(C)CC(NC(=O)OC(C)(C)C)C(=O)N2C(C#N)CC3C[C@@H]32)C[C@H]1C. The Morgan fingerprint density at radius 2 is 1.76 bits per heavy atom. The molecule has 2 aliphatic heterocycles. The highest BCUT2D eigenvalue weighted by Crippen LogP contribution is 2.48. The number of carbonyl (C=O) groups excluding carboxylic acids is 4. The Morgan fingerprint density at radius 1 is 1.12 bits per heavy atom. The topological polar surface area (TPSA) is 126 Å². The lowest BCUT2D eigenvalue weighted by atomic mass is 10.0. The molecule has 1 saturated carbocycles. The minimum absolute atomic E-state index is 0.0271. The van der Waals surface area contributed by atoms with Crippen molar-refractivity contribution in [2.45, 2.75) is 95.7 Å². The number of carbonyl (C=O) groups is 4. The van der Waals surface area contributed by atoms with Crippen LogP contribution < -0.4 is 5.32 Å². The van der Waals surface area contributed by atoms with Gasteiger partial charge in [-0.25, -0.2) is 4.79 Å². The number of alkyl carbamates (subject to hydrolysis) is 1. The van der Waals surface area contributed by atoms with Crippen LogP contribution in [0.2, 0.25) is 0 Å². The number of hydrogen-bond acceptors (Lipinski definition) is 7. The average molecular weight is 581 g/mol. The highest BCUT2D eigenvalue weighted by atomic mass is 16.6. The standard InChI is InChI=1S/C31H44N6O5/c1-18-13-26(29(40)36(18)19(2)20-9-11-21(12-10-20)27(38)34(6)7)35(8)17-24(33-30(41)42-31(3,4)5)28(39)37-23(16-32)14-22-15-25(22)37/h9-12,18-19,22-26H,13-15,17H2,1-8H3,(H,33,41)/t18-,19?,22?,23?,24?,25+,26?/m1/s1. The molecule has 0 radical (unpaired) electrons. The molecular weight excluding hydrogens is 536 g/mol. The minimum Gasteiger partial charge on any atom is -0.444 e. The molecule has 11 nitrogen and oxygen atoms in total. The Bertz CT molecular complexity index is 1250. The van der Waals surface area contributed by atoms with Crippen molar-refractivity contribution in [1.29, 1.82) is 5.26 Å². The summed E-state index contributed by atoms with van der Waals surface area (Å²) < 4.78 is 5.45. The van der Waals surface area contributed by atoms with Crippen LogP contribution in [0, 0.1) is 17.2 Å². The van der Waals surface area contributed by atoms with Crippen LogP contribution in [0.5, 0.6) is 0 Å². The molecule has 1 aromatic rings. The Labute approximate surface area is 248 Å². The molecule has 42 heavy (non-hydrogen) atoms. The number of likely N-dealkylation sites (N-methyl/N-ethyl adjacent to an activating group) is 1. The zero-order valence-electron chi connectivity index (χ0n) is 26.0. The lowest BCUT2D eigenvalue weighted by molar-refractivity contribution is -0.138. The maximum atomic E-state index is 13.8. The summed E-state index contributed by atoms with van der Waals surface area (Å²) in [7, 11) is 5.20. The zero-order chi connectivity index (χ0) is 31.1. The fraction of sp³-hybridized carbons (Fsp3) is 0.645. The number of nitrogens with one attached hydrogen (secondary N) is 1. The number of hydrogen-bond donors (Lipinski definition) is 1. The first-order valence-corrected chi connectivity index (χ1v) is 14.7. The first-order valence-electron chi connectivity index (χ1n) is 14.7. The van der Waals surface area contributed by atoms with Crippen molar-refractivity contribution in [2.24, 2.45) is 5.92 Å². The van der Waals surface area contributed by atoms with Gasteiger partial charge in [-0.2, -0.15) is 5.26 Å². The van der Waals surface area contributed by atoms with Crippen LogP contribution in [0.25, 0.3) is 0 Å². The fourth-order valence-corrected chi connectivity index (χ4v) is 6.31. The van der Waals surface area contributed by atoms with Crippen LogP contribution in [0.3, 0.4) is 0 Å². The summed E-state index contributed by atoms with van der Waals surface area (Å²) in [5.41, 5.74) is 0.750. The van der Waals surface area contributed by atoms with E-state index >= 15 is 0 Å². The Morgan fingerprint density at radius 3 is 2.33 bits per heavy atom. The molecule has 1 aliphatic carbocycles. The number of piperidine rings is 1. The first-order chi connectivity index (χ1) is 19.6. The third kappa shape index (κ3) is 6.54. The van der Waals surface area contributed by atoms with Gasteiger partial charge in [-0.1, -0.05) is 12.1 Å². The highest BCUT2D eigenvalue weighted by Gasteiger charge is 2.55. The lowest BCUT2D eigenvalue weighted by Gasteiger charge is -2.33. The van der Waals surface area contributed by atoms with E-state index in [0.717, 1.165) is 12.0 Å². The number of rotatable bonds is 8. The molecule has 0 aromatic heterocycles. The number of fused-ring (bicyclic) bond motifs is 1. The van der Waals surface area contributed by atoms with Crippen LogP contribution in [0.1, 0.15) is 75.8 Å². The number of benzene rings is 1. The van der Waals surface area contributed by atoms with Gasteiger partial charge in [0.15, 0.2) is 0 Å². The number of nitrogens with zero attached hydrogens (tertiary/aromatic N) is 5. The number of nitriles is 1. The van der Waals surface area contributed by atoms with Crippen molar-refractivity contribution in [3.63, 3.8) is 0 Å². The van der Waals surface area contributed by atoms with E-state index in [-0.39, 0.29) is 42.4 Å². The number of ether oxygens (including phenoxy) is 1. The van der Waals surface area contributed by atoms with Gasteiger partial charge in [-0.15, -0.1) is 0 Å². The summed E-state index contributed by atoms with van der Waals surface area (Å²) in [4.78, 5) is 59.4. The van der Waals surface area contributed by atoms with Gasteiger partial charge in [0.2, 0.25) is 11.8 Å². The highest BCUT2D eigenvalue weighted by molar-refractivity contribution is 5.94. The van der Waals surface area contributed by atoms with E-state index in [1.165, 1.54) is 4.90 Å². The second-order valence-corrected chi connectivity index (χ2v) is 13.2. The van der Waals surface area contributed by atoms with Crippen LogP contribution in [0.15, 0.2) is 24.3 Å². The second-order valence-electron chi connectivity index (χ2n) is 13.2. The molecule has 1 N–H and O–H groups in total. The van der Waals surface area contributed by atoms with E-state index in [2.05, 4.69) is 11.4 Å². The van der Waals surface area contributed by atoms with Gasteiger partial charge in [0.25, 0.3) is 5.91 Å². The van der Waals surface area contributed by atoms with Crippen LogP contribution in [-0.2, 0) is 14.3 Å². The van der Waals surface area contributed by atoms with Crippen molar-refractivity contribution < 1.29 is 23.9 Å². The van der Waals surface area contributed by atoms with Crippen LogP contribution in [0.4, 0.5) is 4.79 Å². The smallest absolute Gasteiger partial charge is 0.408 e. The molecule has 1 aromatic carbocycles. The molecule has 0 bridgehead atoms. The van der Waals surface area contributed by atoms with Gasteiger partial charge >= 0.3 is 6.09 Å². The Hall–Kier alpha value is -3.65. The zero-order valence-corrected chi connectivity index (χ0v) is 26.0. The summed E-state index contributed by atoms with van der Waals surface area (Å²) >= 11 is 0.